The number of nitriles is 1. The van der Waals surface area contributed by atoms with Gasteiger partial charge >= 0.3 is 0 Å². The molecule has 0 saturated heterocycles. The van der Waals surface area contributed by atoms with Crippen molar-refractivity contribution in [2.45, 2.75) is 27.4 Å². The van der Waals surface area contributed by atoms with Gasteiger partial charge in [-0.25, -0.2) is 0 Å². The van der Waals surface area contributed by atoms with Crippen LogP contribution >= 0.6 is 27.5 Å². The van der Waals surface area contributed by atoms with Crippen LogP contribution in [0.1, 0.15) is 29.2 Å². The summed E-state index contributed by atoms with van der Waals surface area (Å²) >= 11 is 9.48. The van der Waals surface area contributed by atoms with Crippen LogP contribution in [0.3, 0.4) is 0 Å². The molecule has 3 aromatic carbocycles. The zero-order valence-electron chi connectivity index (χ0n) is 19.1. The maximum Gasteiger partial charge on any atom is 0.266 e. The third-order valence-electron chi connectivity index (χ3n) is 5.16. The van der Waals surface area contributed by atoms with Crippen molar-refractivity contribution in [2.75, 3.05) is 11.9 Å². The minimum atomic E-state index is -0.478. The number of halogens is 2. The van der Waals surface area contributed by atoms with E-state index in [-0.39, 0.29) is 5.57 Å². The van der Waals surface area contributed by atoms with E-state index in [0.29, 0.717) is 45.5 Å². The summed E-state index contributed by atoms with van der Waals surface area (Å²) in [4.78, 5) is 12.8. The van der Waals surface area contributed by atoms with Gasteiger partial charge in [0.05, 0.1) is 11.1 Å². The summed E-state index contributed by atoms with van der Waals surface area (Å²) in [6, 6.07) is 18.5. The summed E-state index contributed by atoms with van der Waals surface area (Å²) in [5.74, 6) is 0.560. The van der Waals surface area contributed by atoms with E-state index in [2.05, 4.69) is 21.2 Å². The van der Waals surface area contributed by atoms with Crippen molar-refractivity contribution < 1.29 is 14.3 Å². The van der Waals surface area contributed by atoms with Gasteiger partial charge in [0.2, 0.25) is 0 Å². The number of carbonyl (C=O) groups excluding carboxylic acids is 1. The Morgan fingerprint density at radius 3 is 2.56 bits per heavy atom. The van der Waals surface area contributed by atoms with Gasteiger partial charge in [-0.05, 0) is 95.4 Å². The third-order valence-corrected chi connectivity index (χ3v) is 6.00. The molecule has 0 heterocycles. The molecule has 0 aliphatic rings. The lowest BCUT2D eigenvalue weighted by Gasteiger charge is -2.15. The van der Waals surface area contributed by atoms with Crippen molar-refractivity contribution in [3.63, 3.8) is 0 Å². The monoisotopic (exact) mass is 538 g/mol. The summed E-state index contributed by atoms with van der Waals surface area (Å²) in [6.45, 7) is 6.52. The number of hydrogen-bond acceptors (Lipinski definition) is 4. The van der Waals surface area contributed by atoms with Crippen molar-refractivity contribution in [3.8, 4) is 17.6 Å². The highest BCUT2D eigenvalue weighted by Gasteiger charge is 2.15. The molecule has 0 atom stereocenters. The van der Waals surface area contributed by atoms with Crippen LogP contribution in [0.25, 0.3) is 6.08 Å². The van der Waals surface area contributed by atoms with Crippen LogP contribution in [0.15, 0.2) is 64.6 Å². The first-order valence-electron chi connectivity index (χ1n) is 10.6. The zero-order chi connectivity index (χ0) is 24.7. The lowest BCUT2D eigenvalue weighted by Crippen LogP contribution is -2.14. The van der Waals surface area contributed by atoms with E-state index >= 15 is 0 Å². The maximum absolute atomic E-state index is 12.8. The molecular formula is C27H24BrClN2O3. The van der Waals surface area contributed by atoms with Crippen LogP contribution in [-0.4, -0.2) is 12.5 Å². The number of benzene rings is 3. The molecule has 7 heteroatoms. The van der Waals surface area contributed by atoms with E-state index in [4.69, 9.17) is 21.1 Å². The van der Waals surface area contributed by atoms with E-state index in [1.165, 1.54) is 6.08 Å². The van der Waals surface area contributed by atoms with Crippen LogP contribution in [0.2, 0.25) is 5.02 Å². The Morgan fingerprint density at radius 2 is 1.88 bits per heavy atom. The number of nitrogens with one attached hydrogen (secondary N) is 1. The number of amides is 1. The lowest BCUT2D eigenvalue weighted by atomic mass is 10.1. The fourth-order valence-electron chi connectivity index (χ4n) is 3.20. The van der Waals surface area contributed by atoms with Crippen molar-refractivity contribution in [3.05, 3.63) is 91.9 Å². The van der Waals surface area contributed by atoms with Crippen molar-refractivity contribution >= 4 is 45.2 Å². The molecule has 0 aliphatic carbocycles. The smallest absolute Gasteiger partial charge is 0.266 e. The highest BCUT2D eigenvalue weighted by atomic mass is 79.9. The first kappa shape index (κ1) is 25.4. The third kappa shape index (κ3) is 6.40. The molecule has 0 aromatic heterocycles. The van der Waals surface area contributed by atoms with Crippen molar-refractivity contribution in [1.82, 2.24) is 0 Å². The summed E-state index contributed by atoms with van der Waals surface area (Å²) in [5.41, 5.74) is 4.24. The van der Waals surface area contributed by atoms with Gasteiger partial charge in [-0.15, -0.1) is 0 Å². The molecule has 3 aromatic rings. The van der Waals surface area contributed by atoms with E-state index in [9.17, 15) is 10.1 Å². The number of rotatable bonds is 8. The molecule has 1 N–H and O–H groups in total. The normalized spacial score (nSPS) is 11.0. The van der Waals surface area contributed by atoms with Gasteiger partial charge < -0.3 is 14.8 Å². The average Bonchev–Trinajstić information content (AvgIpc) is 2.81. The van der Waals surface area contributed by atoms with Gasteiger partial charge in [0.25, 0.3) is 5.91 Å². The summed E-state index contributed by atoms with van der Waals surface area (Å²) < 4.78 is 12.4. The van der Waals surface area contributed by atoms with Gasteiger partial charge in [0.1, 0.15) is 18.2 Å². The molecule has 0 unspecified atom stereocenters. The molecule has 0 radical (unpaired) electrons. The summed E-state index contributed by atoms with van der Waals surface area (Å²) in [6.07, 6.45) is 1.52. The maximum atomic E-state index is 12.8. The Balaban J connectivity index is 1.86. The fraction of sp³-hybridized carbons (Fsp3) is 0.185. The topological polar surface area (TPSA) is 71.3 Å². The molecule has 0 spiro atoms. The van der Waals surface area contributed by atoms with Gasteiger partial charge in [0.15, 0.2) is 11.5 Å². The van der Waals surface area contributed by atoms with Crippen molar-refractivity contribution in [1.29, 1.82) is 5.26 Å². The Labute approximate surface area is 213 Å². The minimum Gasteiger partial charge on any atom is -0.490 e. The number of hydrogen-bond donors (Lipinski definition) is 1. The number of aryl methyl sites for hydroxylation is 1. The Bertz CT molecular complexity index is 1260. The molecule has 3 rings (SSSR count). The number of anilines is 1. The van der Waals surface area contributed by atoms with Crippen molar-refractivity contribution in [2.24, 2.45) is 0 Å². The van der Waals surface area contributed by atoms with Crippen LogP contribution < -0.4 is 14.8 Å². The first-order valence-corrected chi connectivity index (χ1v) is 11.8. The highest BCUT2D eigenvalue weighted by Crippen LogP contribution is 2.38. The predicted octanol–water partition coefficient (Wildman–Crippen LogP) is 7.24. The molecule has 1 amide bonds. The Morgan fingerprint density at radius 1 is 1.15 bits per heavy atom. The summed E-state index contributed by atoms with van der Waals surface area (Å²) in [5, 5.41) is 13.1. The highest BCUT2D eigenvalue weighted by molar-refractivity contribution is 9.10. The number of nitrogens with zero attached hydrogens (tertiary/aromatic N) is 1. The molecule has 174 valence electrons. The molecule has 0 aliphatic heterocycles. The van der Waals surface area contributed by atoms with E-state index in [1.807, 2.05) is 57.2 Å². The van der Waals surface area contributed by atoms with Crippen LogP contribution in [0, 0.1) is 25.2 Å². The van der Waals surface area contributed by atoms with Gasteiger partial charge in [0, 0.05) is 10.7 Å². The van der Waals surface area contributed by atoms with E-state index in [1.54, 1.807) is 24.3 Å². The predicted molar refractivity (Wildman–Crippen MR) is 139 cm³/mol. The average molecular weight is 540 g/mol. The molecule has 0 bridgehead atoms. The zero-order valence-corrected chi connectivity index (χ0v) is 21.5. The largest absolute Gasteiger partial charge is 0.490 e. The first-order chi connectivity index (χ1) is 16.3. The second kappa shape index (κ2) is 11.7. The fourth-order valence-corrected chi connectivity index (χ4v) is 3.90. The van der Waals surface area contributed by atoms with E-state index < -0.39 is 5.91 Å². The summed E-state index contributed by atoms with van der Waals surface area (Å²) in [7, 11) is 0. The van der Waals surface area contributed by atoms with Crippen LogP contribution in [0.4, 0.5) is 5.69 Å². The lowest BCUT2D eigenvalue weighted by molar-refractivity contribution is -0.112. The van der Waals surface area contributed by atoms with Gasteiger partial charge in [-0.2, -0.15) is 5.26 Å². The standard InChI is InChI=1S/C27H24BrClN2O3/c1-4-33-25-14-20(13-23(28)26(25)34-16-19-8-10-22(29)11-9-19)12-21(15-30)27(32)31-24-7-5-6-17(2)18(24)3/h5-14H,4,16H2,1-3H3,(H,31,32)/b21-12-. The van der Waals surface area contributed by atoms with Crippen LogP contribution in [-0.2, 0) is 11.4 Å². The van der Waals surface area contributed by atoms with Gasteiger partial charge in [-0.3, -0.25) is 4.79 Å². The molecule has 5 nitrogen and oxygen atoms in total. The van der Waals surface area contributed by atoms with Gasteiger partial charge in [-0.1, -0.05) is 35.9 Å². The minimum absolute atomic E-state index is 0.0231. The molecule has 0 fully saturated rings. The quantitative estimate of drug-likeness (QED) is 0.242. The Hall–Kier alpha value is -3.27. The number of ether oxygens (including phenoxy) is 2. The second-order valence-electron chi connectivity index (χ2n) is 7.55. The Kier molecular flexibility index (Phi) is 8.75. The van der Waals surface area contributed by atoms with E-state index in [0.717, 1.165) is 16.7 Å². The second-order valence-corrected chi connectivity index (χ2v) is 8.84. The molecule has 34 heavy (non-hydrogen) atoms. The van der Waals surface area contributed by atoms with Crippen LogP contribution in [0.5, 0.6) is 11.5 Å². The number of carbonyl (C=O) groups is 1. The molecule has 0 saturated carbocycles. The SMILES string of the molecule is CCOc1cc(/C=C(/C#N)C(=O)Nc2cccc(C)c2C)cc(Br)c1OCc1ccc(Cl)cc1. The molecular weight excluding hydrogens is 516 g/mol.